The molecule has 0 radical (unpaired) electrons. The number of hydrogen-bond donors (Lipinski definition) is 0. The van der Waals surface area contributed by atoms with Gasteiger partial charge in [0.1, 0.15) is 0 Å². The first-order valence-corrected chi connectivity index (χ1v) is 9.12. The Morgan fingerprint density at radius 1 is 1.39 bits per heavy atom. The third kappa shape index (κ3) is 4.28. The first-order chi connectivity index (χ1) is 10.7. The molecule has 1 fully saturated rings. The van der Waals surface area contributed by atoms with Gasteiger partial charge < -0.3 is 9.64 Å². The Kier molecular flexibility index (Phi) is 5.03. The third-order valence-corrected chi connectivity index (χ3v) is 5.63. The molecule has 1 aliphatic heterocycles. The number of sulfone groups is 1. The lowest BCUT2D eigenvalue weighted by molar-refractivity contribution is -0.140. The number of amides is 1. The Morgan fingerprint density at radius 3 is 2.61 bits per heavy atom. The van der Waals surface area contributed by atoms with E-state index in [0.717, 1.165) is 5.69 Å². The van der Waals surface area contributed by atoms with Crippen LogP contribution in [0.5, 0.6) is 0 Å². The molecule has 1 saturated heterocycles. The van der Waals surface area contributed by atoms with Gasteiger partial charge in [-0.1, -0.05) is 0 Å². The molecule has 0 N–H and O–H groups in total. The fraction of sp³-hybridized carbons (Fsp3) is 0.533. The zero-order chi connectivity index (χ0) is 17.2. The predicted molar refractivity (Wildman–Crippen MR) is 83.7 cm³/mol. The summed E-state index contributed by atoms with van der Waals surface area (Å²) in [5.74, 6) is -1.01. The molecule has 1 amide bonds. The van der Waals surface area contributed by atoms with E-state index in [-0.39, 0.29) is 23.1 Å². The molecule has 0 saturated carbocycles. The van der Waals surface area contributed by atoms with Crippen LogP contribution in [0, 0.1) is 6.92 Å². The lowest BCUT2D eigenvalue weighted by Gasteiger charge is -2.26. The fourth-order valence-electron chi connectivity index (χ4n) is 2.42. The second-order valence-corrected chi connectivity index (χ2v) is 7.97. The molecule has 0 aromatic carbocycles. The molecule has 7 nitrogen and oxygen atoms in total. The molecule has 2 atom stereocenters. The average molecular weight is 340 g/mol. The topological polar surface area (TPSA) is 93.6 Å². The molecule has 0 spiro atoms. The number of ether oxygens (including phenoxy) is 1. The first-order valence-electron chi connectivity index (χ1n) is 7.30. The number of aryl methyl sites for hydroxylation is 1. The lowest BCUT2D eigenvalue weighted by Crippen LogP contribution is -2.44. The molecule has 1 aliphatic rings. The number of aromatic nitrogens is 1. The van der Waals surface area contributed by atoms with Crippen LogP contribution in [0.1, 0.15) is 29.4 Å². The molecule has 2 rings (SSSR count). The van der Waals surface area contributed by atoms with Crippen LogP contribution in [0.2, 0.25) is 0 Å². The van der Waals surface area contributed by atoms with E-state index in [2.05, 4.69) is 4.98 Å². The van der Waals surface area contributed by atoms with Gasteiger partial charge in [-0.05, 0) is 32.4 Å². The highest BCUT2D eigenvalue weighted by molar-refractivity contribution is 7.91. The largest absolute Gasteiger partial charge is 0.449 e. The molecule has 0 aliphatic carbocycles. The zero-order valence-corrected chi connectivity index (χ0v) is 14.2. The van der Waals surface area contributed by atoms with E-state index >= 15 is 0 Å². The number of carbonyl (C=O) groups excluding carboxylic acids is 2. The molecule has 2 heterocycles. The molecule has 1 aromatic rings. The van der Waals surface area contributed by atoms with Crippen LogP contribution < -0.4 is 0 Å². The second-order valence-electron chi connectivity index (χ2n) is 5.74. The van der Waals surface area contributed by atoms with E-state index < -0.39 is 27.8 Å². The van der Waals surface area contributed by atoms with E-state index in [0.29, 0.717) is 6.42 Å². The minimum Gasteiger partial charge on any atom is -0.449 e. The van der Waals surface area contributed by atoms with Crippen molar-refractivity contribution < 1.29 is 22.7 Å². The summed E-state index contributed by atoms with van der Waals surface area (Å²) < 4.78 is 28.1. The van der Waals surface area contributed by atoms with Crippen molar-refractivity contribution in [2.24, 2.45) is 0 Å². The van der Waals surface area contributed by atoms with E-state index in [4.69, 9.17) is 4.74 Å². The van der Waals surface area contributed by atoms with Gasteiger partial charge >= 0.3 is 5.97 Å². The van der Waals surface area contributed by atoms with Gasteiger partial charge in [0.2, 0.25) is 0 Å². The standard InChI is InChI=1S/C15H20N2O5S/c1-10-4-5-12(8-16-10)15(19)22-11(2)14(18)17(3)13-6-7-23(20,21)9-13/h4-5,8,11,13H,6-7,9H2,1-3H3/t11-,13-/m0/s1. The quantitative estimate of drug-likeness (QED) is 0.744. The van der Waals surface area contributed by atoms with Gasteiger partial charge in [-0.25, -0.2) is 13.2 Å². The Hall–Kier alpha value is -1.96. The van der Waals surface area contributed by atoms with Crippen molar-refractivity contribution in [2.75, 3.05) is 18.6 Å². The van der Waals surface area contributed by atoms with Gasteiger partial charge in [-0.15, -0.1) is 0 Å². The normalized spacial score (nSPS) is 20.7. The van der Waals surface area contributed by atoms with Crippen LogP contribution in [0.25, 0.3) is 0 Å². The Balaban J connectivity index is 1.97. The second kappa shape index (κ2) is 6.66. The number of hydrogen-bond acceptors (Lipinski definition) is 6. The Bertz CT molecular complexity index is 699. The fourth-order valence-corrected chi connectivity index (χ4v) is 4.19. The summed E-state index contributed by atoms with van der Waals surface area (Å²) >= 11 is 0. The van der Waals surface area contributed by atoms with Gasteiger partial charge in [-0.3, -0.25) is 9.78 Å². The Morgan fingerprint density at radius 2 is 2.09 bits per heavy atom. The summed E-state index contributed by atoms with van der Waals surface area (Å²) in [6, 6.07) is 2.89. The van der Waals surface area contributed by atoms with E-state index in [9.17, 15) is 18.0 Å². The summed E-state index contributed by atoms with van der Waals surface area (Å²) in [6.45, 7) is 3.27. The van der Waals surface area contributed by atoms with Gasteiger partial charge in [0, 0.05) is 25.0 Å². The number of pyridine rings is 1. The summed E-state index contributed by atoms with van der Waals surface area (Å²) in [5, 5.41) is 0. The summed E-state index contributed by atoms with van der Waals surface area (Å²) in [6.07, 6.45) is 0.812. The van der Waals surface area contributed by atoms with Gasteiger partial charge in [0.25, 0.3) is 5.91 Å². The maximum atomic E-state index is 12.3. The van der Waals surface area contributed by atoms with Crippen molar-refractivity contribution in [3.8, 4) is 0 Å². The predicted octanol–water partition coefficient (Wildman–Crippen LogP) is 0.581. The number of esters is 1. The van der Waals surface area contributed by atoms with Crippen LogP contribution >= 0.6 is 0 Å². The number of likely N-dealkylation sites (N-methyl/N-ethyl adjacent to an activating group) is 1. The van der Waals surface area contributed by atoms with Crippen LogP contribution in [-0.4, -0.2) is 60.9 Å². The van der Waals surface area contributed by atoms with E-state index in [1.54, 1.807) is 19.1 Å². The van der Waals surface area contributed by atoms with Crippen molar-refractivity contribution in [1.82, 2.24) is 9.88 Å². The molecule has 8 heteroatoms. The molecular formula is C15H20N2O5S. The van der Waals surface area contributed by atoms with Crippen LogP contribution in [0.4, 0.5) is 0 Å². The van der Waals surface area contributed by atoms with E-state index in [1.165, 1.54) is 25.1 Å². The summed E-state index contributed by atoms with van der Waals surface area (Å²) in [7, 11) is -1.55. The van der Waals surface area contributed by atoms with Gasteiger partial charge in [-0.2, -0.15) is 0 Å². The highest BCUT2D eigenvalue weighted by Gasteiger charge is 2.35. The highest BCUT2D eigenvalue weighted by atomic mass is 32.2. The molecule has 1 aromatic heterocycles. The SMILES string of the molecule is Cc1ccc(C(=O)O[C@@H](C)C(=O)N(C)[C@H]2CCS(=O)(=O)C2)cn1. The van der Waals surface area contributed by atoms with Crippen LogP contribution in [-0.2, 0) is 19.4 Å². The molecule has 23 heavy (non-hydrogen) atoms. The maximum Gasteiger partial charge on any atom is 0.340 e. The summed E-state index contributed by atoms with van der Waals surface area (Å²) in [5.41, 5.74) is 1.04. The molecule has 126 valence electrons. The smallest absolute Gasteiger partial charge is 0.340 e. The number of nitrogens with zero attached hydrogens (tertiary/aromatic N) is 2. The monoisotopic (exact) mass is 340 g/mol. The number of carbonyl (C=O) groups is 2. The zero-order valence-electron chi connectivity index (χ0n) is 13.4. The highest BCUT2D eigenvalue weighted by Crippen LogP contribution is 2.18. The third-order valence-electron chi connectivity index (χ3n) is 3.88. The first kappa shape index (κ1) is 17.4. The van der Waals surface area contributed by atoms with Crippen molar-refractivity contribution >= 4 is 21.7 Å². The minimum atomic E-state index is -3.08. The van der Waals surface area contributed by atoms with Crippen molar-refractivity contribution in [3.05, 3.63) is 29.6 Å². The van der Waals surface area contributed by atoms with Crippen LogP contribution in [0.15, 0.2) is 18.3 Å². The van der Waals surface area contributed by atoms with Gasteiger partial charge in [0.05, 0.1) is 17.1 Å². The lowest BCUT2D eigenvalue weighted by atomic mass is 10.2. The van der Waals surface area contributed by atoms with E-state index in [1.807, 2.05) is 0 Å². The van der Waals surface area contributed by atoms with Crippen molar-refractivity contribution in [3.63, 3.8) is 0 Å². The molecule has 0 unspecified atom stereocenters. The number of rotatable bonds is 4. The average Bonchev–Trinajstić information content (AvgIpc) is 2.86. The van der Waals surface area contributed by atoms with Gasteiger partial charge in [0.15, 0.2) is 15.9 Å². The molecular weight excluding hydrogens is 320 g/mol. The van der Waals surface area contributed by atoms with Crippen molar-refractivity contribution in [1.29, 1.82) is 0 Å². The van der Waals surface area contributed by atoms with Crippen molar-refractivity contribution in [2.45, 2.75) is 32.4 Å². The maximum absolute atomic E-state index is 12.3. The Labute approximate surface area is 135 Å². The van der Waals surface area contributed by atoms with Crippen LogP contribution in [0.3, 0.4) is 0 Å². The molecule has 0 bridgehead atoms. The minimum absolute atomic E-state index is 0.0439. The summed E-state index contributed by atoms with van der Waals surface area (Å²) in [4.78, 5) is 29.6.